The van der Waals surface area contributed by atoms with Crippen LogP contribution in [-0.4, -0.2) is 0 Å². The predicted octanol–water partition coefficient (Wildman–Crippen LogP) is 5.69. The van der Waals surface area contributed by atoms with E-state index in [2.05, 4.69) is 18.2 Å². The van der Waals surface area contributed by atoms with Crippen molar-refractivity contribution in [1.82, 2.24) is 0 Å². The summed E-state index contributed by atoms with van der Waals surface area (Å²) in [6, 6.07) is 12.3. The largest absolute Gasteiger partial charge is 0.460 e. The average Bonchev–Trinajstić information content (AvgIpc) is 2.94. The summed E-state index contributed by atoms with van der Waals surface area (Å²) in [5.41, 5.74) is 6.01. The molecule has 2 aromatic carbocycles. The fraction of sp³-hybridized carbons (Fsp3) is 0.227. The number of aryl methyl sites for hydroxylation is 3. The highest BCUT2D eigenvalue weighted by Crippen LogP contribution is 2.39. The molecule has 0 saturated carbocycles. The highest BCUT2D eigenvalue weighted by molar-refractivity contribution is 6.05. The second kappa shape index (κ2) is 5.62. The van der Waals surface area contributed by atoms with Crippen LogP contribution in [0.4, 0.5) is 0 Å². The molecule has 0 atom stereocenters. The van der Waals surface area contributed by atoms with Crippen LogP contribution in [0.1, 0.15) is 29.4 Å². The van der Waals surface area contributed by atoms with Gasteiger partial charge in [0, 0.05) is 27.5 Å². The lowest BCUT2D eigenvalue weighted by Gasteiger charge is -2.09. The zero-order valence-corrected chi connectivity index (χ0v) is 14.9. The summed E-state index contributed by atoms with van der Waals surface area (Å²) >= 11 is 0. The number of benzene rings is 2. The van der Waals surface area contributed by atoms with Gasteiger partial charge in [-0.3, -0.25) is 0 Å². The molecule has 0 unspecified atom stereocenters. The van der Waals surface area contributed by atoms with Crippen molar-refractivity contribution in [2.24, 2.45) is 0 Å². The lowest BCUT2D eigenvalue weighted by Crippen LogP contribution is -2.09. The Morgan fingerprint density at radius 3 is 2.24 bits per heavy atom. The maximum atomic E-state index is 12.3. The summed E-state index contributed by atoms with van der Waals surface area (Å²) < 4.78 is 11.7. The van der Waals surface area contributed by atoms with E-state index >= 15 is 0 Å². The van der Waals surface area contributed by atoms with Gasteiger partial charge in [0.1, 0.15) is 16.9 Å². The minimum absolute atomic E-state index is 0.249. The molecule has 3 nitrogen and oxygen atoms in total. The Morgan fingerprint density at radius 1 is 0.880 bits per heavy atom. The van der Waals surface area contributed by atoms with Gasteiger partial charge >= 0.3 is 5.63 Å². The molecule has 25 heavy (non-hydrogen) atoms. The molecule has 2 heterocycles. The van der Waals surface area contributed by atoms with Crippen molar-refractivity contribution in [1.29, 1.82) is 0 Å². The number of hydrogen-bond acceptors (Lipinski definition) is 3. The zero-order valence-electron chi connectivity index (χ0n) is 14.9. The third-order valence-corrected chi connectivity index (χ3v) is 5.05. The fourth-order valence-electron chi connectivity index (χ4n) is 3.75. The van der Waals surface area contributed by atoms with E-state index in [1.165, 1.54) is 0 Å². The van der Waals surface area contributed by atoms with E-state index in [-0.39, 0.29) is 5.63 Å². The first-order chi connectivity index (χ1) is 12.0. The van der Waals surface area contributed by atoms with Gasteiger partial charge in [-0.2, -0.15) is 0 Å². The molecule has 2 aromatic heterocycles. The molecule has 0 aliphatic rings. The van der Waals surface area contributed by atoms with Crippen LogP contribution in [0.5, 0.6) is 0 Å². The van der Waals surface area contributed by atoms with Crippen molar-refractivity contribution in [3.8, 4) is 11.1 Å². The van der Waals surface area contributed by atoms with E-state index in [0.29, 0.717) is 12.0 Å². The number of furan rings is 1. The molecule has 4 rings (SSSR count). The Hall–Kier alpha value is -2.81. The Kier molecular flexibility index (Phi) is 3.53. The van der Waals surface area contributed by atoms with Gasteiger partial charge in [0.15, 0.2) is 0 Å². The summed E-state index contributed by atoms with van der Waals surface area (Å²) in [5, 5.41) is 2.05. The van der Waals surface area contributed by atoms with Crippen LogP contribution in [-0.2, 0) is 6.42 Å². The van der Waals surface area contributed by atoms with Gasteiger partial charge < -0.3 is 8.83 Å². The van der Waals surface area contributed by atoms with E-state index in [1.54, 1.807) is 0 Å². The summed E-state index contributed by atoms with van der Waals surface area (Å²) in [6.45, 7) is 7.91. The van der Waals surface area contributed by atoms with Gasteiger partial charge in [0.2, 0.25) is 0 Å². The zero-order chi connectivity index (χ0) is 17.7. The van der Waals surface area contributed by atoms with Crippen LogP contribution in [0.2, 0.25) is 0 Å². The molecule has 3 heteroatoms. The second-order valence-corrected chi connectivity index (χ2v) is 6.50. The maximum absolute atomic E-state index is 12.3. The molecule has 0 radical (unpaired) electrons. The minimum atomic E-state index is -0.249. The molecule has 0 aliphatic heterocycles. The molecule has 0 amide bonds. The van der Waals surface area contributed by atoms with E-state index in [4.69, 9.17) is 8.83 Å². The van der Waals surface area contributed by atoms with Gasteiger partial charge in [0.25, 0.3) is 0 Å². The van der Waals surface area contributed by atoms with Crippen LogP contribution >= 0.6 is 0 Å². The lowest BCUT2D eigenvalue weighted by molar-refractivity contribution is 0.543. The monoisotopic (exact) mass is 332 g/mol. The number of fused-ring (bicyclic) bond motifs is 2. The first kappa shape index (κ1) is 15.7. The highest BCUT2D eigenvalue weighted by Gasteiger charge is 2.20. The Morgan fingerprint density at radius 2 is 1.56 bits per heavy atom. The fourth-order valence-corrected chi connectivity index (χ4v) is 3.75. The molecular formula is C22H20O3. The SMILES string of the molecule is CCc1c(C)c2cc3c(-c4ccccc4)c(C)oc3c(C)c2oc1=O. The average molecular weight is 332 g/mol. The topological polar surface area (TPSA) is 43.4 Å². The molecule has 0 N–H and O–H groups in total. The number of hydrogen-bond donors (Lipinski definition) is 0. The van der Waals surface area contributed by atoms with E-state index in [9.17, 15) is 4.79 Å². The van der Waals surface area contributed by atoms with Crippen molar-refractivity contribution in [2.45, 2.75) is 34.1 Å². The van der Waals surface area contributed by atoms with Crippen molar-refractivity contribution in [2.75, 3.05) is 0 Å². The van der Waals surface area contributed by atoms with Crippen LogP contribution in [0.25, 0.3) is 33.1 Å². The summed E-state index contributed by atoms with van der Waals surface area (Å²) in [6.07, 6.45) is 0.664. The molecule has 0 bridgehead atoms. The Bertz CT molecular complexity index is 1160. The molecule has 4 aromatic rings. The smallest absolute Gasteiger partial charge is 0.339 e. The molecule has 0 aliphatic carbocycles. The highest BCUT2D eigenvalue weighted by atomic mass is 16.4. The summed E-state index contributed by atoms with van der Waals surface area (Å²) in [7, 11) is 0. The third kappa shape index (κ3) is 2.23. The van der Waals surface area contributed by atoms with Crippen LogP contribution < -0.4 is 5.63 Å². The second-order valence-electron chi connectivity index (χ2n) is 6.50. The van der Waals surface area contributed by atoms with Gasteiger partial charge in [-0.25, -0.2) is 4.79 Å². The van der Waals surface area contributed by atoms with Crippen molar-refractivity contribution in [3.05, 3.63) is 69.3 Å². The quantitative estimate of drug-likeness (QED) is 0.443. The lowest BCUT2D eigenvalue weighted by atomic mass is 9.96. The van der Waals surface area contributed by atoms with Crippen molar-refractivity contribution >= 4 is 21.9 Å². The molecular weight excluding hydrogens is 312 g/mol. The first-order valence-electron chi connectivity index (χ1n) is 8.57. The minimum Gasteiger partial charge on any atom is -0.460 e. The van der Waals surface area contributed by atoms with Gasteiger partial charge in [-0.1, -0.05) is 37.3 Å². The first-order valence-corrected chi connectivity index (χ1v) is 8.57. The van der Waals surface area contributed by atoms with E-state index in [0.717, 1.165) is 49.9 Å². The van der Waals surface area contributed by atoms with E-state index in [1.807, 2.05) is 45.9 Å². The summed E-state index contributed by atoms with van der Waals surface area (Å²) in [4.78, 5) is 12.3. The molecule has 0 spiro atoms. The maximum Gasteiger partial charge on any atom is 0.339 e. The number of rotatable bonds is 2. The standard InChI is InChI=1S/C22H20O3/c1-5-16-12(2)17-11-18-19(15-9-7-6-8-10-15)14(4)24-21(18)13(3)20(17)25-22(16)23/h6-11H,5H2,1-4H3. The van der Waals surface area contributed by atoms with Crippen LogP contribution in [0.3, 0.4) is 0 Å². The molecule has 0 fully saturated rings. The van der Waals surface area contributed by atoms with Crippen molar-refractivity contribution < 1.29 is 8.83 Å². The van der Waals surface area contributed by atoms with Gasteiger partial charge in [-0.15, -0.1) is 0 Å². The van der Waals surface area contributed by atoms with Crippen LogP contribution in [0.15, 0.2) is 50.0 Å². The molecule has 0 saturated heterocycles. The van der Waals surface area contributed by atoms with Crippen molar-refractivity contribution in [3.63, 3.8) is 0 Å². The van der Waals surface area contributed by atoms with Gasteiger partial charge in [-0.05, 0) is 44.4 Å². The predicted molar refractivity (Wildman–Crippen MR) is 101 cm³/mol. The Labute approximate surface area is 145 Å². The normalized spacial score (nSPS) is 11.5. The van der Waals surface area contributed by atoms with Gasteiger partial charge in [0.05, 0.1) is 0 Å². The summed E-state index contributed by atoms with van der Waals surface area (Å²) in [5.74, 6) is 0.871. The van der Waals surface area contributed by atoms with Crippen LogP contribution in [0, 0.1) is 20.8 Å². The molecule has 126 valence electrons. The van der Waals surface area contributed by atoms with E-state index < -0.39 is 0 Å². The Balaban J connectivity index is 2.18. The third-order valence-electron chi connectivity index (χ3n) is 5.05.